The van der Waals surface area contributed by atoms with Gasteiger partial charge in [0.25, 0.3) is 0 Å². The highest BCUT2D eigenvalue weighted by molar-refractivity contribution is 14.1. The van der Waals surface area contributed by atoms with Crippen LogP contribution in [0.3, 0.4) is 0 Å². The van der Waals surface area contributed by atoms with E-state index in [4.69, 9.17) is 22.7 Å². The van der Waals surface area contributed by atoms with E-state index in [-0.39, 0.29) is 4.99 Å². The standard InChI is InChI=1S/C13H17IN2O5S/c14-6-3-1-2-4-7(6)16-12(22)13(20)8(5-17)21-11(19)9(15)10(13)18/h1-4,8-11,17-20H,5,15H2,(H,16,22)/t8-,9-,10-,11?,13+/m1/s1. The average molecular weight is 440 g/mol. The van der Waals surface area contributed by atoms with Crippen LogP contribution in [0.1, 0.15) is 0 Å². The predicted octanol–water partition coefficient (Wildman–Crippen LogP) is -0.841. The first kappa shape index (κ1) is 17.9. The van der Waals surface area contributed by atoms with Crippen molar-refractivity contribution >= 4 is 45.5 Å². The summed E-state index contributed by atoms with van der Waals surface area (Å²) in [7, 11) is 0. The minimum atomic E-state index is -2.12. The number of hydrogen-bond acceptors (Lipinski definition) is 7. The van der Waals surface area contributed by atoms with Crippen LogP contribution in [0.15, 0.2) is 24.3 Å². The van der Waals surface area contributed by atoms with Crippen LogP contribution < -0.4 is 11.1 Å². The number of benzene rings is 1. The summed E-state index contributed by atoms with van der Waals surface area (Å²) < 4.78 is 5.91. The van der Waals surface area contributed by atoms with Crippen LogP contribution in [0.5, 0.6) is 0 Å². The van der Waals surface area contributed by atoms with Gasteiger partial charge in [0.05, 0.1) is 18.3 Å². The molecule has 0 bridgehead atoms. The number of ether oxygens (including phenoxy) is 1. The van der Waals surface area contributed by atoms with Crippen LogP contribution in [-0.4, -0.2) is 62.2 Å². The molecule has 2 rings (SSSR count). The van der Waals surface area contributed by atoms with Crippen molar-refractivity contribution in [2.75, 3.05) is 11.9 Å². The molecule has 1 aliphatic rings. The van der Waals surface area contributed by atoms with Gasteiger partial charge >= 0.3 is 0 Å². The zero-order valence-electron chi connectivity index (χ0n) is 11.4. The average Bonchev–Trinajstić information content (AvgIpc) is 2.50. The zero-order chi connectivity index (χ0) is 16.5. The lowest BCUT2D eigenvalue weighted by Gasteiger charge is -2.47. The Morgan fingerprint density at radius 3 is 2.64 bits per heavy atom. The Morgan fingerprint density at radius 2 is 2.05 bits per heavy atom. The first-order valence-electron chi connectivity index (χ1n) is 6.48. The van der Waals surface area contributed by atoms with Gasteiger partial charge in [0, 0.05) is 3.57 Å². The normalized spacial score (nSPS) is 35.2. The highest BCUT2D eigenvalue weighted by Gasteiger charge is 2.56. The highest BCUT2D eigenvalue weighted by atomic mass is 127. The first-order chi connectivity index (χ1) is 10.3. The number of nitrogens with one attached hydrogen (secondary N) is 1. The Balaban J connectivity index is 2.30. The highest BCUT2D eigenvalue weighted by Crippen LogP contribution is 2.31. The largest absolute Gasteiger partial charge is 0.394 e. The third-order valence-electron chi connectivity index (χ3n) is 3.59. The summed E-state index contributed by atoms with van der Waals surface area (Å²) in [6.45, 7) is -0.648. The molecule has 1 saturated heterocycles. The molecule has 1 heterocycles. The second kappa shape index (κ2) is 7.01. The Hall–Kier alpha value is -0.400. The van der Waals surface area contributed by atoms with Gasteiger partial charge in [0.15, 0.2) is 11.9 Å². The van der Waals surface area contributed by atoms with E-state index in [1.165, 1.54) is 0 Å². The van der Waals surface area contributed by atoms with Crippen LogP contribution >= 0.6 is 34.8 Å². The summed E-state index contributed by atoms with van der Waals surface area (Å²) in [6.07, 6.45) is -4.42. The lowest BCUT2D eigenvalue weighted by atomic mass is 9.83. The van der Waals surface area contributed by atoms with E-state index in [2.05, 4.69) is 27.9 Å². The predicted molar refractivity (Wildman–Crippen MR) is 92.3 cm³/mol. The van der Waals surface area contributed by atoms with Gasteiger partial charge in [-0.15, -0.1) is 0 Å². The van der Waals surface area contributed by atoms with Crippen LogP contribution in [0.4, 0.5) is 5.69 Å². The van der Waals surface area contributed by atoms with Crippen molar-refractivity contribution in [3.05, 3.63) is 27.8 Å². The number of aliphatic hydroxyl groups is 4. The molecule has 22 heavy (non-hydrogen) atoms. The molecule has 7 nitrogen and oxygen atoms in total. The van der Waals surface area contributed by atoms with Crippen molar-refractivity contribution in [2.45, 2.75) is 30.1 Å². The van der Waals surface area contributed by atoms with Crippen LogP contribution in [0.2, 0.25) is 0 Å². The summed E-state index contributed by atoms with van der Waals surface area (Å²) in [5.74, 6) is 0. The van der Waals surface area contributed by atoms with Crippen molar-refractivity contribution in [2.24, 2.45) is 5.73 Å². The Bertz CT molecular complexity index is 559. The minimum absolute atomic E-state index is 0.148. The van der Waals surface area contributed by atoms with Crippen LogP contribution in [0, 0.1) is 3.57 Å². The Labute approximate surface area is 146 Å². The van der Waals surface area contributed by atoms with Crippen molar-refractivity contribution in [1.82, 2.24) is 0 Å². The van der Waals surface area contributed by atoms with Crippen molar-refractivity contribution < 1.29 is 25.2 Å². The van der Waals surface area contributed by atoms with Crippen molar-refractivity contribution in [1.29, 1.82) is 0 Å². The van der Waals surface area contributed by atoms with E-state index in [0.717, 1.165) is 3.57 Å². The number of aliphatic hydroxyl groups excluding tert-OH is 3. The molecule has 122 valence electrons. The fraction of sp³-hybridized carbons (Fsp3) is 0.462. The van der Waals surface area contributed by atoms with Gasteiger partial charge in [-0.3, -0.25) is 0 Å². The Morgan fingerprint density at radius 1 is 1.41 bits per heavy atom. The molecule has 0 aliphatic carbocycles. The van der Waals surface area contributed by atoms with Gasteiger partial charge < -0.3 is 36.2 Å². The smallest absolute Gasteiger partial charge is 0.173 e. The summed E-state index contributed by atoms with van der Waals surface area (Å²) in [5.41, 5.74) is 4.13. The molecule has 0 saturated carbocycles. The molecule has 9 heteroatoms. The van der Waals surface area contributed by atoms with Gasteiger partial charge in [-0.05, 0) is 34.7 Å². The SMILES string of the molecule is N[C@H]1C(O)O[C@H](CO)[C@@](O)(C(=S)Nc2ccccc2I)[C@@H]1O. The topological polar surface area (TPSA) is 128 Å². The molecule has 1 aromatic carbocycles. The molecule has 0 amide bonds. The maximum absolute atomic E-state index is 10.8. The molecule has 7 N–H and O–H groups in total. The van der Waals surface area contributed by atoms with E-state index < -0.39 is 36.7 Å². The summed E-state index contributed by atoms with van der Waals surface area (Å²) in [6, 6.07) is 5.94. The number of halogens is 1. The number of hydrogen-bond donors (Lipinski definition) is 6. The third-order valence-corrected chi connectivity index (χ3v) is 4.96. The number of rotatable bonds is 3. The van der Waals surface area contributed by atoms with E-state index in [0.29, 0.717) is 5.69 Å². The van der Waals surface area contributed by atoms with Gasteiger partial charge in [-0.25, -0.2) is 0 Å². The third kappa shape index (κ3) is 3.12. The molecular formula is C13H17IN2O5S. The van der Waals surface area contributed by atoms with E-state index >= 15 is 0 Å². The summed E-state index contributed by atoms with van der Waals surface area (Å²) in [5, 5.41) is 42.8. The molecule has 1 unspecified atom stereocenters. The molecule has 0 radical (unpaired) electrons. The van der Waals surface area contributed by atoms with Gasteiger partial charge in [0.1, 0.15) is 17.2 Å². The molecule has 1 fully saturated rings. The fourth-order valence-electron chi connectivity index (χ4n) is 2.25. The van der Waals surface area contributed by atoms with Crippen LogP contribution in [-0.2, 0) is 4.74 Å². The molecule has 5 atom stereocenters. The van der Waals surface area contributed by atoms with E-state index in [1.54, 1.807) is 12.1 Å². The van der Waals surface area contributed by atoms with Crippen LogP contribution in [0.25, 0.3) is 0 Å². The maximum atomic E-state index is 10.8. The second-order valence-corrected chi connectivity index (χ2v) is 6.55. The molecule has 1 aromatic rings. The summed E-state index contributed by atoms with van der Waals surface area (Å²) in [4.78, 5) is -0.148. The molecule has 0 spiro atoms. The fourth-order valence-corrected chi connectivity index (χ4v) is 3.13. The second-order valence-electron chi connectivity index (χ2n) is 4.98. The van der Waals surface area contributed by atoms with Gasteiger partial charge in [-0.1, -0.05) is 24.4 Å². The molecular weight excluding hydrogens is 423 g/mol. The lowest BCUT2D eigenvalue weighted by molar-refractivity contribution is -0.266. The first-order valence-corrected chi connectivity index (χ1v) is 7.97. The number of nitrogens with two attached hydrogens (primary N) is 1. The number of anilines is 1. The monoisotopic (exact) mass is 440 g/mol. The minimum Gasteiger partial charge on any atom is -0.394 e. The number of thiocarbonyl (C=S) groups is 1. The lowest BCUT2D eigenvalue weighted by Crippen LogP contribution is -2.72. The summed E-state index contributed by atoms with van der Waals surface area (Å²) >= 11 is 7.27. The van der Waals surface area contributed by atoms with Gasteiger partial charge in [0.2, 0.25) is 0 Å². The van der Waals surface area contributed by atoms with Crippen molar-refractivity contribution in [3.8, 4) is 0 Å². The number of para-hydroxylation sites is 1. The molecule has 1 aliphatic heterocycles. The van der Waals surface area contributed by atoms with E-state index in [1.807, 2.05) is 12.1 Å². The molecule has 0 aromatic heterocycles. The van der Waals surface area contributed by atoms with Gasteiger partial charge in [-0.2, -0.15) is 0 Å². The maximum Gasteiger partial charge on any atom is 0.173 e. The quantitative estimate of drug-likeness (QED) is 0.265. The van der Waals surface area contributed by atoms with Crippen molar-refractivity contribution in [3.63, 3.8) is 0 Å². The van der Waals surface area contributed by atoms with E-state index in [9.17, 15) is 20.4 Å². The zero-order valence-corrected chi connectivity index (χ0v) is 14.4. The Kier molecular flexibility index (Phi) is 5.72.